The molecule has 0 unspecified atom stereocenters. The van der Waals surface area contributed by atoms with Gasteiger partial charge in [0.05, 0.1) is 0 Å². The first-order valence-corrected chi connectivity index (χ1v) is 10.2. The smallest absolute Gasteiger partial charge is 0.0380 e. The molecule has 0 bridgehead atoms. The lowest BCUT2D eigenvalue weighted by molar-refractivity contribution is 0.0659. The van der Waals surface area contributed by atoms with Crippen molar-refractivity contribution in [2.24, 2.45) is 11.7 Å². The Kier molecular flexibility index (Phi) is 6.61. The highest BCUT2D eigenvalue weighted by molar-refractivity contribution is 5.15. The van der Waals surface area contributed by atoms with Gasteiger partial charge in [-0.05, 0) is 80.3 Å². The van der Waals surface area contributed by atoms with Gasteiger partial charge in [0.1, 0.15) is 0 Å². The Morgan fingerprint density at radius 1 is 0.800 bits per heavy atom. The van der Waals surface area contributed by atoms with Gasteiger partial charge >= 0.3 is 0 Å². The van der Waals surface area contributed by atoms with Crippen molar-refractivity contribution in [1.82, 2.24) is 14.7 Å². The van der Waals surface area contributed by atoms with Crippen molar-refractivity contribution < 1.29 is 0 Å². The third-order valence-corrected chi connectivity index (χ3v) is 6.28. The fraction of sp³-hybridized carbons (Fsp3) is 0.905. The van der Waals surface area contributed by atoms with Crippen molar-refractivity contribution in [3.05, 3.63) is 11.3 Å². The van der Waals surface area contributed by atoms with Gasteiger partial charge in [-0.3, -0.25) is 14.7 Å². The largest absolute Gasteiger partial charge is 0.401 e. The second-order valence-electron chi connectivity index (χ2n) is 10.1. The minimum atomic E-state index is 0.282. The number of hydrogen-bond acceptors (Lipinski definition) is 4. The van der Waals surface area contributed by atoms with Gasteiger partial charge in [-0.25, -0.2) is 0 Å². The third kappa shape index (κ3) is 5.70. The number of nitrogens with two attached hydrogens (primary N) is 1. The highest BCUT2D eigenvalue weighted by atomic mass is 15.3. The van der Waals surface area contributed by atoms with E-state index in [1.54, 1.807) is 0 Å². The van der Waals surface area contributed by atoms with Crippen molar-refractivity contribution in [1.29, 1.82) is 0 Å². The average molecular weight is 351 g/mol. The van der Waals surface area contributed by atoms with Gasteiger partial charge in [0.25, 0.3) is 0 Å². The summed E-state index contributed by atoms with van der Waals surface area (Å²) in [4.78, 5) is 7.72. The zero-order chi connectivity index (χ0) is 18.8. The van der Waals surface area contributed by atoms with Crippen LogP contribution >= 0.6 is 0 Å². The average Bonchev–Trinajstić information content (AvgIpc) is 2.53. The number of rotatable bonds is 3. The minimum absolute atomic E-state index is 0.282. The first-order valence-electron chi connectivity index (χ1n) is 10.2. The molecule has 0 aliphatic carbocycles. The van der Waals surface area contributed by atoms with E-state index in [-0.39, 0.29) is 5.54 Å². The van der Waals surface area contributed by atoms with Crippen LogP contribution < -0.4 is 5.73 Å². The molecule has 0 aromatic rings. The summed E-state index contributed by atoms with van der Waals surface area (Å²) in [5.74, 6) is 0.675. The molecule has 0 aromatic heterocycles. The molecule has 4 heteroatoms. The van der Waals surface area contributed by atoms with Crippen LogP contribution in [-0.4, -0.2) is 71.6 Å². The predicted molar refractivity (Wildman–Crippen MR) is 109 cm³/mol. The molecule has 0 spiro atoms. The quantitative estimate of drug-likeness (QED) is 0.848. The van der Waals surface area contributed by atoms with Gasteiger partial charge in [-0.1, -0.05) is 5.57 Å². The Balaban J connectivity index is 1.85. The molecule has 2 heterocycles. The summed E-state index contributed by atoms with van der Waals surface area (Å²) in [7, 11) is 0. The normalized spacial score (nSPS) is 24.4. The van der Waals surface area contributed by atoms with Gasteiger partial charge in [-0.15, -0.1) is 0 Å². The maximum atomic E-state index is 6.53. The van der Waals surface area contributed by atoms with E-state index < -0.39 is 0 Å². The summed E-state index contributed by atoms with van der Waals surface area (Å²) in [6.45, 7) is 24.1. The van der Waals surface area contributed by atoms with Gasteiger partial charge in [-0.2, -0.15) is 0 Å². The molecule has 0 saturated carbocycles. The number of piperidine rings is 1. The maximum absolute atomic E-state index is 6.53. The van der Waals surface area contributed by atoms with E-state index in [0.29, 0.717) is 11.5 Å². The molecular formula is C21H42N4. The van der Waals surface area contributed by atoms with Gasteiger partial charge < -0.3 is 5.73 Å². The van der Waals surface area contributed by atoms with Crippen LogP contribution in [0.25, 0.3) is 0 Å². The standard InChI is InChI=1S/C21H42N4/c1-17(18-8-10-24(11-9-18)20(2,3)4)19(22)16-23-12-14-25(15-13-23)21(5,6)7/h18H,8-16,22H2,1-7H3/b19-17+. The molecule has 2 saturated heterocycles. The van der Waals surface area contributed by atoms with E-state index in [1.165, 1.54) is 31.5 Å². The molecule has 0 radical (unpaired) electrons. The first kappa shape index (κ1) is 20.7. The van der Waals surface area contributed by atoms with Gasteiger partial charge in [0.2, 0.25) is 0 Å². The van der Waals surface area contributed by atoms with Crippen LogP contribution in [0.4, 0.5) is 0 Å². The summed E-state index contributed by atoms with van der Waals surface area (Å²) >= 11 is 0. The maximum Gasteiger partial charge on any atom is 0.0380 e. The fourth-order valence-electron chi connectivity index (χ4n) is 4.19. The Labute approximate surface area is 156 Å². The van der Waals surface area contributed by atoms with Crippen molar-refractivity contribution in [3.63, 3.8) is 0 Å². The van der Waals surface area contributed by atoms with Crippen molar-refractivity contribution in [2.75, 3.05) is 45.8 Å². The van der Waals surface area contributed by atoms with Crippen molar-refractivity contribution >= 4 is 0 Å². The lowest BCUT2D eigenvalue weighted by Gasteiger charge is -2.43. The minimum Gasteiger partial charge on any atom is -0.401 e. The number of likely N-dealkylation sites (tertiary alicyclic amines) is 1. The van der Waals surface area contributed by atoms with E-state index in [1.807, 2.05) is 0 Å². The summed E-state index contributed by atoms with van der Waals surface area (Å²) < 4.78 is 0. The molecule has 25 heavy (non-hydrogen) atoms. The molecule has 0 aromatic carbocycles. The Morgan fingerprint density at radius 3 is 1.68 bits per heavy atom. The predicted octanol–water partition coefficient (Wildman–Crippen LogP) is 3.15. The summed E-state index contributed by atoms with van der Waals surface area (Å²) in [5, 5.41) is 0. The molecule has 4 nitrogen and oxygen atoms in total. The van der Waals surface area contributed by atoms with E-state index in [4.69, 9.17) is 5.73 Å². The zero-order valence-corrected chi connectivity index (χ0v) is 17.9. The van der Waals surface area contributed by atoms with E-state index in [2.05, 4.69) is 63.2 Å². The SMILES string of the molecule is C/C(=C(\N)CN1CCN(C(C)(C)C)CC1)C1CCN(C(C)(C)C)CC1. The first-order chi connectivity index (χ1) is 11.5. The molecule has 0 amide bonds. The summed E-state index contributed by atoms with van der Waals surface area (Å²) in [6, 6.07) is 0. The molecule has 2 rings (SSSR count). The number of allylic oxidation sites excluding steroid dienone is 1. The molecule has 2 fully saturated rings. The Hall–Kier alpha value is -0.580. The topological polar surface area (TPSA) is 35.7 Å². The van der Waals surface area contributed by atoms with Crippen molar-refractivity contribution in [2.45, 2.75) is 72.4 Å². The Bertz CT molecular complexity index is 453. The molecule has 146 valence electrons. The molecule has 2 N–H and O–H groups in total. The molecule has 2 aliphatic heterocycles. The third-order valence-electron chi connectivity index (χ3n) is 6.28. The zero-order valence-electron chi connectivity index (χ0n) is 17.9. The molecular weight excluding hydrogens is 308 g/mol. The monoisotopic (exact) mass is 350 g/mol. The van der Waals surface area contributed by atoms with Gasteiger partial charge in [0, 0.05) is 49.5 Å². The fourth-order valence-corrected chi connectivity index (χ4v) is 4.19. The number of hydrogen-bond donors (Lipinski definition) is 1. The van der Waals surface area contributed by atoms with E-state index >= 15 is 0 Å². The van der Waals surface area contributed by atoms with E-state index in [0.717, 1.165) is 38.4 Å². The second-order valence-corrected chi connectivity index (χ2v) is 10.1. The van der Waals surface area contributed by atoms with Crippen LogP contribution in [0.15, 0.2) is 11.3 Å². The van der Waals surface area contributed by atoms with Crippen LogP contribution in [0.1, 0.15) is 61.3 Å². The number of nitrogens with zero attached hydrogens (tertiary/aromatic N) is 3. The molecule has 2 aliphatic rings. The second kappa shape index (κ2) is 7.98. The van der Waals surface area contributed by atoms with Gasteiger partial charge in [0.15, 0.2) is 0 Å². The summed E-state index contributed by atoms with van der Waals surface area (Å²) in [6.07, 6.45) is 2.50. The van der Waals surface area contributed by atoms with Crippen LogP contribution in [-0.2, 0) is 0 Å². The van der Waals surface area contributed by atoms with Crippen LogP contribution in [0.2, 0.25) is 0 Å². The Morgan fingerprint density at radius 2 is 1.24 bits per heavy atom. The highest BCUT2D eigenvalue weighted by Crippen LogP contribution is 2.29. The summed E-state index contributed by atoms with van der Waals surface area (Å²) in [5.41, 5.74) is 9.68. The van der Waals surface area contributed by atoms with Crippen LogP contribution in [0.3, 0.4) is 0 Å². The van der Waals surface area contributed by atoms with Crippen molar-refractivity contribution in [3.8, 4) is 0 Å². The number of piperazine rings is 1. The lowest BCUT2D eigenvalue weighted by Crippen LogP contribution is -2.53. The van der Waals surface area contributed by atoms with Crippen LogP contribution in [0.5, 0.6) is 0 Å². The molecule has 0 atom stereocenters. The van der Waals surface area contributed by atoms with E-state index in [9.17, 15) is 0 Å². The lowest BCUT2D eigenvalue weighted by atomic mass is 9.87. The van der Waals surface area contributed by atoms with Crippen LogP contribution in [0, 0.1) is 5.92 Å². The highest BCUT2D eigenvalue weighted by Gasteiger charge is 2.29.